The van der Waals surface area contributed by atoms with Crippen molar-refractivity contribution in [2.24, 2.45) is 5.10 Å². The number of carbonyl (C=O) groups excluding carboxylic acids is 2. The summed E-state index contributed by atoms with van der Waals surface area (Å²) in [5.74, 6) is -1.59. The van der Waals surface area contributed by atoms with Gasteiger partial charge in [0.1, 0.15) is 5.56 Å². The van der Waals surface area contributed by atoms with Gasteiger partial charge in [0.25, 0.3) is 5.91 Å². The third-order valence-corrected chi connectivity index (χ3v) is 4.62. The van der Waals surface area contributed by atoms with Crippen LogP contribution in [-0.2, 0) is 4.79 Å². The van der Waals surface area contributed by atoms with Gasteiger partial charge in [-0.1, -0.05) is 18.2 Å². The Morgan fingerprint density at radius 3 is 2.57 bits per heavy atom. The number of pyridine rings is 1. The van der Waals surface area contributed by atoms with E-state index in [0.717, 1.165) is 10.8 Å². The number of carbonyl (C=O) groups is 3. The highest BCUT2D eigenvalue weighted by atomic mass is 16.4. The van der Waals surface area contributed by atoms with E-state index >= 15 is 0 Å². The molecule has 0 unspecified atom stereocenters. The second kappa shape index (κ2) is 7.28. The lowest BCUT2D eigenvalue weighted by atomic mass is 10.1. The Balaban J connectivity index is 1.72. The second-order valence-electron chi connectivity index (χ2n) is 6.76. The Labute approximate surface area is 169 Å². The molecule has 0 saturated carbocycles. The Morgan fingerprint density at radius 1 is 1.10 bits per heavy atom. The monoisotopic (exact) mass is 404 g/mol. The quantitative estimate of drug-likeness (QED) is 0.695. The summed E-state index contributed by atoms with van der Waals surface area (Å²) in [6.07, 6.45) is 1.24. The minimum absolute atomic E-state index is 0.119. The van der Waals surface area contributed by atoms with E-state index in [2.05, 4.69) is 10.4 Å². The number of nitrogens with zero attached hydrogens (tertiary/aromatic N) is 3. The molecule has 1 aromatic heterocycles. The van der Waals surface area contributed by atoms with Gasteiger partial charge in [0.05, 0.1) is 17.6 Å². The minimum atomic E-state index is -1.42. The average Bonchev–Trinajstić information content (AvgIpc) is 3.06. The maximum Gasteiger partial charge on any atom is 0.341 e. The molecule has 2 N–H and O–H groups in total. The van der Waals surface area contributed by atoms with Crippen molar-refractivity contribution in [3.05, 3.63) is 70.5 Å². The molecule has 3 aromatic rings. The zero-order valence-corrected chi connectivity index (χ0v) is 15.8. The van der Waals surface area contributed by atoms with Gasteiger partial charge in [-0.3, -0.25) is 14.2 Å². The topological polar surface area (TPSA) is 121 Å². The van der Waals surface area contributed by atoms with E-state index in [4.69, 9.17) is 0 Å². The van der Waals surface area contributed by atoms with E-state index in [1.807, 2.05) is 0 Å². The Kier molecular flexibility index (Phi) is 4.63. The third-order valence-electron chi connectivity index (χ3n) is 4.62. The zero-order chi connectivity index (χ0) is 21.4. The van der Waals surface area contributed by atoms with E-state index < -0.39 is 23.0 Å². The number of amides is 2. The predicted molar refractivity (Wildman–Crippen MR) is 111 cm³/mol. The zero-order valence-electron chi connectivity index (χ0n) is 15.8. The average molecular weight is 404 g/mol. The van der Waals surface area contributed by atoms with Crippen molar-refractivity contribution < 1.29 is 19.5 Å². The number of hydrogen-bond donors (Lipinski definition) is 2. The molecule has 0 bridgehead atoms. The molecule has 0 radical (unpaired) electrons. The van der Waals surface area contributed by atoms with Gasteiger partial charge in [0.15, 0.2) is 0 Å². The van der Waals surface area contributed by atoms with Crippen LogP contribution >= 0.6 is 0 Å². The summed E-state index contributed by atoms with van der Waals surface area (Å²) in [6, 6.07) is 12.2. The number of rotatable bonds is 3. The number of benzene rings is 2. The van der Waals surface area contributed by atoms with Gasteiger partial charge in [-0.25, -0.2) is 14.6 Å². The maximum absolute atomic E-state index is 12.9. The summed E-state index contributed by atoms with van der Waals surface area (Å²) in [6.45, 7) is 1.75. The molecular weight excluding hydrogens is 388 g/mol. The molecular formula is C21H16N4O5. The molecule has 1 aliphatic rings. The summed E-state index contributed by atoms with van der Waals surface area (Å²) in [5.41, 5.74) is 0.664. The van der Waals surface area contributed by atoms with E-state index in [1.54, 1.807) is 49.4 Å². The molecule has 1 aliphatic heterocycles. The van der Waals surface area contributed by atoms with Gasteiger partial charge in [-0.05, 0) is 37.3 Å². The third kappa shape index (κ3) is 3.32. The molecule has 2 amide bonds. The number of para-hydroxylation sites is 1. The number of carboxylic acid groups (broad SMARTS) is 1. The van der Waals surface area contributed by atoms with E-state index in [-0.39, 0.29) is 23.2 Å². The summed E-state index contributed by atoms with van der Waals surface area (Å²) in [4.78, 5) is 48.8. The van der Waals surface area contributed by atoms with Gasteiger partial charge >= 0.3 is 12.0 Å². The van der Waals surface area contributed by atoms with Crippen LogP contribution in [0, 0.1) is 0 Å². The number of aromatic carboxylic acids is 1. The largest absolute Gasteiger partial charge is 0.477 e. The number of anilines is 2. The molecule has 2 heterocycles. The van der Waals surface area contributed by atoms with Crippen LogP contribution in [0.25, 0.3) is 10.9 Å². The van der Waals surface area contributed by atoms with Crippen LogP contribution in [0.1, 0.15) is 23.7 Å². The summed E-state index contributed by atoms with van der Waals surface area (Å²) >= 11 is 0. The van der Waals surface area contributed by atoms with Crippen molar-refractivity contribution in [3.8, 4) is 0 Å². The van der Waals surface area contributed by atoms with Gasteiger partial charge in [0.2, 0.25) is 5.43 Å². The smallest absolute Gasteiger partial charge is 0.341 e. The lowest BCUT2D eigenvalue weighted by molar-refractivity contribution is -0.116. The van der Waals surface area contributed by atoms with Crippen molar-refractivity contribution in [1.82, 2.24) is 4.57 Å². The van der Waals surface area contributed by atoms with Crippen LogP contribution < -0.4 is 15.8 Å². The van der Waals surface area contributed by atoms with Crippen molar-refractivity contribution in [3.63, 3.8) is 0 Å². The standard InChI is InChI=1S/C21H16N4O5/c1-12-9-18(26)25(23-12)14-6-4-5-13(10-14)22-21(30)24-11-16(20(28)29)19(27)15-7-2-3-8-17(15)24/h2-8,10-11H,9H2,1H3,(H,22,30)(H,28,29). The first-order chi connectivity index (χ1) is 14.3. The maximum atomic E-state index is 12.9. The molecule has 4 rings (SSSR count). The molecule has 0 aliphatic carbocycles. The number of nitrogens with one attached hydrogen (secondary N) is 1. The molecule has 0 saturated heterocycles. The first-order valence-corrected chi connectivity index (χ1v) is 9.01. The number of fused-ring (bicyclic) bond motifs is 1. The summed E-state index contributed by atoms with van der Waals surface area (Å²) < 4.78 is 1.08. The highest BCUT2D eigenvalue weighted by Gasteiger charge is 2.23. The Hall–Kier alpha value is -4.27. The first-order valence-electron chi connectivity index (χ1n) is 9.01. The molecule has 0 fully saturated rings. The van der Waals surface area contributed by atoms with Crippen LogP contribution in [0.4, 0.5) is 16.2 Å². The fourth-order valence-corrected chi connectivity index (χ4v) is 3.25. The molecule has 9 nitrogen and oxygen atoms in total. The van der Waals surface area contributed by atoms with Crippen LogP contribution in [0.15, 0.2) is 64.6 Å². The summed E-state index contributed by atoms with van der Waals surface area (Å²) in [7, 11) is 0. The van der Waals surface area contributed by atoms with Crippen molar-refractivity contribution >= 4 is 45.9 Å². The molecule has 0 atom stereocenters. The highest BCUT2D eigenvalue weighted by Crippen LogP contribution is 2.24. The number of carboxylic acids is 1. The lowest BCUT2D eigenvalue weighted by Crippen LogP contribution is -2.26. The molecule has 150 valence electrons. The molecule has 2 aromatic carbocycles. The van der Waals surface area contributed by atoms with Crippen molar-refractivity contribution in [2.45, 2.75) is 13.3 Å². The fraction of sp³-hybridized carbons (Fsp3) is 0.0952. The van der Waals surface area contributed by atoms with Crippen LogP contribution in [0.5, 0.6) is 0 Å². The van der Waals surface area contributed by atoms with Crippen LogP contribution in [0.2, 0.25) is 0 Å². The number of aromatic nitrogens is 1. The lowest BCUT2D eigenvalue weighted by Gasteiger charge is -2.15. The highest BCUT2D eigenvalue weighted by molar-refractivity contribution is 6.12. The van der Waals surface area contributed by atoms with E-state index in [0.29, 0.717) is 17.1 Å². The van der Waals surface area contributed by atoms with Crippen LogP contribution in [0.3, 0.4) is 0 Å². The van der Waals surface area contributed by atoms with Gasteiger partial charge in [-0.15, -0.1) is 0 Å². The molecule has 9 heteroatoms. The Morgan fingerprint density at radius 2 is 1.87 bits per heavy atom. The second-order valence-corrected chi connectivity index (χ2v) is 6.76. The number of hydrogen-bond acceptors (Lipinski definition) is 5. The van der Waals surface area contributed by atoms with E-state index in [1.165, 1.54) is 11.1 Å². The normalized spacial score (nSPS) is 13.4. The molecule has 30 heavy (non-hydrogen) atoms. The fourth-order valence-electron chi connectivity index (χ4n) is 3.25. The van der Waals surface area contributed by atoms with Gasteiger partial charge in [0, 0.05) is 23.0 Å². The predicted octanol–water partition coefficient (Wildman–Crippen LogP) is 2.89. The van der Waals surface area contributed by atoms with E-state index in [9.17, 15) is 24.3 Å². The minimum Gasteiger partial charge on any atom is -0.477 e. The van der Waals surface area contributed by atoms with Gasteiger partial charge < -0.3 is 10.4 Å². The van der Waals surface area contributed by atoms with Crippen molar-refractivity contribution in [1.29, 1.82) is 0 Å². The van der Waals surface area contributed by atoms with Crippen LogP contribution in [-0.4, -0.2) is 33.3 Å². The number of hydrazone groups is 1. The molecule has 0 spiro atoms. The SMILES string of the molecule is CC1=NN(c2cccc(NC(=O)n3cc(C(=O)O)c(=O)c4ccccc43)c2)C(=O)C1. The van der Waals surface area contributed by atoms with Gasteiger partial charge in [-0.2, -0.15) is 5.10 Å². The van der Waals surface area contributed by atoms with Crippen molar-refractivity contribution in [2.75, 3.05) is 10.3 Å². The summed E-state index contributed by atoms with van der Waals surface area (Å²) in [5, 5.41) is 17.6. The Bertz CT molecular complexity index is 1310. The first kappa shape index (κ1) is 19.1.